The van der Waals surface area contributed by atoms with Gasteiger partial charge in [-0.2, -0.15) is 0 Å². The molecule has 1 aliphatic rings. The Balaban J connectivity index is 1.49. The summed E-state index contributed by atoms with van der Waals surface area (Å²) < 4.78 is 5.43. The smallest absolute Gasteiger partial charge is 0.181 e. The Bertz CT molecular complexity index is 1120. The molecular weight excluding hydrogens is 336 g/mol. The summed E-state index contributed by atoms with van der Waals surface area (Å²) in [4.78, 5) is 13.4. The lowest BCUT2D eigenvalue weighted by molar-refractivity contribution is 0.598. The Morgan fingerprint density at radius 1 is 1.07 bits per heavy atom. The van der Waals surface area contributed by atoms with Crippen molar-refractivity contribution in [1.82, 2.24) is 15.0 Å². The zero-order valence-electron chi connectivity index (χ0n) is 15.1. The zero-order valence-corrected chi connectivity index (χ0v) is 15.1. The van der Waals surface area contributed by atoms with Gasteiger partial charge in [0.2, 0.25) is 0 Å². The Hall–Kier alpha value is -3.21. The van der Waals surface area contributed by atoms with E-state index in [1.54, 1.807) is 0 Å². The average Bonchev–Trinajstić information content (AvgIpc) is 3.16. The maximum atomic E-state index is 5.43. The van der Waals surface area contributed by atoms with Gasteiger partial charge in [0.15, 0.2) is 12.0 Å². The first-order valence-electron chi connectivity index (χ1n) is 9.30. The minimum Gasteiger partial charge on any atom is -0.443 e. The van der Waals surface area contributed by atoms with E-state index in [1.165, 1.54) is 23.9 Å². The number of aryl methyl sites for hydroxylation is 2. The second-order valence-electron chi connectivity index (χ2n) is 7.01. The van der Waals surface area contributed by atoms with Crippen LogP contribution in [0.2, 0.25) is 0 Å². The highest BCUT2D eigenvalue weighted by Crippen LogP contribution is 2.33. The van der Waals surface area contributed by atoms with Gasteiger partial charge in [-0.25, -0.2) is 15.0 Å². The van der Waals surface area contributed by atoms with E-state index in [1.807, 2.05) is 31.2 Å². The Morgan fingerprint density at radius 2 is 2.00 bits per heavy atom. The molecule has 2 aromatic carbocycles. The molecule has 5 heteroatoms. The summed E-state index contributed by atoms with van der Waals surface area (Å²) in [5.41, 5.74) is 6.30. The maximum absolute atomic E-state index is 5.43. The summed E-state index contributed by atoms with van der Waals surface area (Å²) in [5, 5.41) is 3.63. The minimum atomic E-state index is 0.286. The number of nitrogens with zero attached hydrogens (tertiary/aromatic N) is 3. The normalized spacial score (nSPS) is 16.3. The van der Waals surface area contributed by atoms with Crippen LogP contribution < -0.4 is 5.32 Å². The van der Waals surface area contributed by atoms with E-state index in [0.29, 0.717) is 0 Å². The lowest BCUT2D eigenvalue weighted by Crippen LogP contribution is -2.18. The van der Waals surface area contributed by atoms with E-state index in [-0.39, 0.29) is 6.04 Å². The summed E-state index contributed by atoms with van der Waals surface area (Å²) in [6.45, 7) is 1.93. The van der Waals surface area contributed by atoms with Crippen molar-refractivity contribution in [2.24, 2.45) is 0 Å². The second-order valence-corrected chi connectivity index (χ2v) is 7.01. The van der Waals surface area contributed by atoms with Crippen molar-refractivity contribution in [1.29, 1.82) is 0 Å². The molecule has 0 unspecified atom stereocenters. The van der Waals surface area contributed by atoms with Gasteiger partial charge in [0.25, 0.3) is 0 Å². The molecule has 1 N–H and O–H groups in total. The van der Waals surface area contributed by atoms with Crippen molar-refractivity contribution in [3.05, 3.63) is 71.9 Å². The van der Waals surface area contributed by atoms with Crippen molar-refractivity contribution in [3.63, 3.8) is 0 Å². The molecule has 0 spiro atoms. The molecule has 134 valence electrons. The molecule has 5 nitrogen and oxygen atoms in total. The van der Waals surface area contributed by atoms with Gasteiger partial charge in [0, 0.05) is 11.6 Å². The molecule has 5 rings (SSSR count). The molecule has 1 aliphatic carbocycles. The van der Waals surface area contributed by atoms with Crippen molar-refractivity contribution < 1.29 is 4.42 Å². The van der Waals surface area contributed by atoms with Gasteiger partial charge in [-0.05, 0) is 49.4 Å². The molecule has 0 saturated carbocycles. The number of benzene rings is 2. The van der Waals surface area contributed by atoms with Crippen LogP contribution in [0.5, 0.6) is 0 Å². The first kappa shape index (κ1) is 16.0. The molecule has 0 radical (unpaired) electrons. The maximum Gasteiger partial charge on any atom is 0.181 e. The Labute approximate surface area is 157 Å². The van der Waals surface area contributed by atoms with Crippen LogP contribution in [0.3, 0.4) is 0 Å². The molecular formula is C22H20N4O. The quantitative estimate of drug-likeness (QED) is 0.554. The fourth-order valence-electron chi connectivity index (χ4n) is 3.89. The third-order valence-electron chi connectivity index (χ3n) is 5.16. The van der Waals surface area contributed by atoms with Crippen molar-refractivity contribution in [2.75, 3.05) is 5.32 Å². The molecule has 27 heavy (non-hydrogen) atoms. The van der Waals surface area contributed by atoms with Crippen LogP contribution >= 0.6 is 0 Å². The molecule has 1 atom stereocenters. The van der Waals surface area contributed by atoms with E-state index >= 15 is 0 Å². The lowest BCUT2D eigenvalue weighted by Gasteiger charge is -2.27. The van der Waals surface area contributed by atoms with Crippen molar-refractivity contribution >= 4 is 16.9 Å². The van der Waals surface area contributed by atoms with Crippen molar-refractivity contribution in [2.45, 2.75) is 32.2 Å². The number of rotatable bonds is 3. The monoisotopic (exact) mass is 356 g/mol. The van der Waals surface area contributed by atoms with Crippen molar-refractivity contribution in [3.8, 4) is 11.3 Å². The molecule has 0 bridgehead atoms. The molecule has 2 heterocycles. The highest BCUT2D eigenvalue weighted by molar-refractivity contribution is 5.79. The first-order chi connectivity index (χ1) is 13.3. The van der Waals surface area contributed by atoms with Gasteiger partial charge in [-0.3, -0.25) is 0 Å². The highest BCUT2D eigenvalue weighted by Gasteiger charge is 2.20. The number of aromatic nitrogens is 3. The third kappa shape index (κ3) is 3.05. The van der Waals surface area contributed by atoms with Gasteiger partial charge < -0.3 is 9.73 Å². The van der Waals surface area contributed by atoms with Crippen LogP contribution in [-0.2, 0) is 6.42 Å². The third-order valence-corrected chi connectivity index (χ3v) is 5.16. The summed E-state index contributed by atoms with van der Waals surface area (Å²) in [6, 6.07) is 16.9. The van der Waals surface area contributed by atoms with Crippen LogP contribution in [0.4, 0.5) is 5.82 Å². The van der Waals surface area contributed by atoms with Gasteiger partial charge >= 0.3 is 0 Å². The topological polar surface area (TPSA) is 63.8 Å². The molecule has 4 aromatic rings. The van der Waals surface area contributed by atoms with Crippen LogP contribution in [0.1, 0.15) is 35.8 Å². The number of hydrogen-bond acceptors (Lipinski definition) is 5. The fourth-order valence-corrected chi connectivity index (χ4v) is 3.89. The average molecular weight is 356 g/mol. The predicted octanol–water partition coefficient (Wildman–Crippen LogP) is 5.08. The number of fused-ring (bicyclic) bond motifs is 2. The van der Waals surface area contributed by atoms with Gasteiger partial charge in [-0.1, -0.05) is 30.3 Å². The van der Waals surface area contributed by atoms with Crippen LogP contribution in [-0.4, -0.2) is 15.0 Å². The van der Waals surface area contributed by atoms with E-state index < -0.39 is 0 Å². The largest absolute Gasteiger partial charge is 0.443 e. The standard InChI is InChI=1S/C22H20N4O/c1-14-24-20(16-9-10-19-21(11-16)27-13-23-19)12-22(25-14)26-18-8-4-6-15-5-2-3-7-17(15)18/h2-3,5,7,9-13,18H,4,6,8H2,1H3,(H,24,25,26)/t18-/m1/s1. The number of nitrogens with one attached hydrogen (secondary N) is 1. The lowest BCUT2D eigenvalue weighted by atomic mass is 9.88. The van der Waals surface area contributed by atoms with E-state index in [2.05, 4.69) is 44.5 Å². The van der Waals surface area contributed by atoms with Gasteiger partial charge in [0.05, 0.1) is 11.7 Å². The Kier molecular flexibility index (Phi) is 3.85. The van der Waals surface area contributed by atoms with E-state index in [0.717, 1.165) is 46.8 Å². The molecule has 0 aliphatic heterocycles. The Morgan fingerprint density at radius 3 is 2.96 bits per heavy atom. The zero-order chi connectivity index (χ0) is 18.2. The van der Waals surface area contributed by atoms with Gasteiger partial charge in [-0.15, -0.1) is 0 Å². The molecule has 0 saturated heterocycles. The van der Waals surface area contributed by atoms with Gasteiger partial charge in [0.1, 0.15) is 17.2 Å². The first-order valence-corrected chi connectivity index (χ1v) is 9.30. The molecule has 0 fully saturated rings. The molecule has 0 amide bonds. The van der Waals surface area contributed by atoms with E-state index in [4.69, 9.17) is 4.42 Å². The summed E-state index contributed by atoms with van der Waals surface area (Å²) >= 11 is 0. The van der Waals surface area contributed by atoms with Crippen LogP contribution in [0.25, 0.3) is 22.4 Å². The second kappa shape index (κ2) is 6.50. The predicted molar refractivity (Wildman–Crippen MR) is 106 cm³/mol. The molecule has 2 aromatic heterocycles. The minimum absolute atomic E-state index is 0.286. The van der Waals surface area contributed by atoms with Crippen LogP contribution in [0.15, 0.2) is 59.3 Å². The SMILES string of the molecule is Cc1nc(N[C@@H]2CCCc3ccccc32)cc(-c2ccc3ncoc3c2)n1. The number of anilines is 1. The van der Waals surface area contributed by atoms with Crippen LogP contribution in [0, 0.1) is 6.92 Å². The summed E-state index contributed by atoms with van der Waals surface area (Å²) in [6.07, 6.45) is 4.92. The van der Waals surface area contributed by atoms with E-state index in [9.17, 15) is 0 Å². The fraction of sp³-hybridized carbons (Fsp3) is 0.227. The highest BCUT2D eigenvalue weighted by atomic mass is 16.3. The summed E-state index contributed by atoms with van der Waals surface area (Å²) in [5.74, 6) is 1.61. The number of hydrogen-bond donors (Lipinski definition) is 1. The summed E-state index contributed by atoms with van der Waals surface area (Å²) in [7, 11) is 0. The number of oxazole rings is 1.